The van der Waals surface area contributed by atoms with Gasteiger partial charge in [-0.1, -0.05) is 24.6 Å². The molecule has 0 bridgehead atoms. The van der Waals surface area contributed by atoms with Gasteiger partial charge in [0.1, 0.15) is 0 Å². The highest BCUT2D eigenvalue weighted by molar-refractivity contribution is 5.40. The van der Waals surface area contributed by atoms with E-state index < -0.39 is 0 Å². The minimum atomic E-state index is 0.905. The summed E-state index contributed by atoms with van der Waals surface area (Å²) in [6.07, 6.45) is 8.02. The Balaban J connectivity index is 1.67. The molecule has 94 valence electrons. The van der Waals surface area contributed by atoms with Crippen LogP contribution < -0.4 is 5.32 Å². The molecule has 0 aliphatic heterocycles. The van der Waals surface area contributed by atoms with Crippen molar-refractivity contribution >= 4 is 0 Å². The Hall–Kier alpha value is -1.61. The number of aromatic nitrogens is 2. The lowest BCUT2D eigenvalue weighted by Crippen LogP contribution is -2.27. The molecule has 1 saturated carbocycles. The first kappa shape index (κ1) is 11.5. The van der Waals surface area contributed by atoms with E-state index >= 15 is 0 Å². The van der Waals surface area contributed by atoms with E-state index in [1.54, 1.807) is 0 Å². The molecule has 0 radical (unpaired) electrons. The summed E-state index contributed by atoms with van der Waals surface area (Å²) >= 11 is 0. The first-order valence-corrected chi connectivity index (χ1v) is 6.72. The van der Waals surface area contributed by atoms with E-state index in [4.69, 9.17) is 0 Å². The van der Waals surface area contributed by atoms with Gasteiger partial charge in [0.2, 0.25) is 0 Å². The molecule has 1 fully saturated rings. The van der Waals surface area contributed by atoms with Gasteiger partial charge >= 0.3 is 0 Å². The van der Waals surface area contributed by atoms with Crippen molar-refractivity contribution in [2.24, 2.45) is 5.92 Å². The SMILES string of the molecule is c1ccc(-n2cccn2)c(CNCC2CCC2)c1. The molecule has 0 unspecified atom stereocenters. The monoisotopic (exact) mass is 241 g/mol. The molecule has 3 nitrogen and oxygen atoms in total. The van der Waals surface area contributed by atoms with Crippen LogP contribution in [-0.2, 0) is 6.54 Å². The smallest absolute Gasteiger partial charge is 0.0690 e. The first-order chi connectivity index (χ1) is 8.93. The summed E-state index contributed by atoms with van der Waals surface area (Å²) in [6.45, 7) is 2.07. The highest BCUT2D eigenvalue weighted by atomic mass is 15.3. The van der Waals surface area contributed by atoms with E-state index in [1.165, 1.54) is 30.5 Å². The fraction of sp³-hybridized carbons (Fsp3) is 0.400. The van der Waals surface area contributed by atoms with Crippen molar-refractivity contribution in [1.82, 2.24) is 15.1 Å². The summed E-state index contributed by atoms with van der Waals surface area (Å²) in [5.74, 6) is 0.905. The fourth-order valence-corrected chi connectivity index (χ4v) is 2.40. The summed E-state index contributed by atoms with van der Waals surface area (Å²) in [6, 6.07) is 10.4. The molecule has 18 heavy (non-hydrogen) atoms. The molecule has 1 N–H and O–H groups in total. The highest BCUT2D eigenvalue weighted by Crippen LogP contribution is 2.25. The van der Waals surface area contributed by atoms with Gasteiger partial charge in [-0.15, -0.1) is 0 Å². The minimum absolute atomic E-state index is 0.905. The Morgan fingerprint density at radius 2 is 2.11 bits per heavy atom. The number of hydrogen-bond acceptors (Lipinski definition) is 2. The molecule has 2 aromatic rings. The highest BCUT2D eigenvalue weighted by Gasteiger charge is 2.16. The largest absolute Gasteiger partial charge is 0.312 e. The molecule has 0 amide bonds. The van der Waals surface area contributed by atoms with Crippen molar-refractivity contribution in [3.05, 3.63) is 48.3 Å². The molecule has 0 spiro atoms. The predicted molar refractivity (Wildman–Crippen MR) is 72.6 cm³/mol. The Bertz CT molecular complexity index is 486. The molecular weight excluding hydrogens is 222 g/mol. The van der Waals surface area contributed by atoms with Crippen LogP contribution in [0.4, 0.5) is 0 Å². The molecule has 1 aliphatic carbocycles. The van der Waals surface area contributed by atoms with Crippen molar-refractivity contribution in [3.8, 4) is 5.69 Å². The lowest BCUT2D eigenvalue weighted by atomic mass is 9.85. The third-order valence-corrected chi connectivity index (χ3v) is 3.72. The van der Waals surface area contributed by atoms with Crippen LogP contribution in [0.2, 0.25) is 0 Å². The second-order valence-corrected chi connectivity index (χ2v) is 5.01. The second-order valence-electron chi connectivity index (χ2n) is 5.01. The summed E-state index contributed by atoms with van der Waals surface area (Å²) in [5, 5.41) is 7.87. The Labute approximate surface area is 108 Å². The summed E-state index contributed by atoms with van der Waals surface area (Å²) in [4.78, 5) is 0. The van der Waals surface area contributed by atoms with Crippen molar-refractivity contribution in [2.45, 2.75) is 25.8 Å². The number of rotatable bonds is 5. The van der Waals surface area contributed by atoms with E-state index in [2.05, 4.69) is 34.7 Å². The molecule has 0 atom stereocenters. The van der Waals surface area contributed by atoms with Gasteiger partial charge in [-0.25, -0.2) is 4.68 Å². The van der Waals surface area contributed by atoms with E-state index in [-0.39, 0.29) is 0 Å². The third kappa shape index (κ3) is 2.46. The van der Waals surface area contributed by atoms with Crippen LogP contribution >= 0.6 is 0 Å². The van der Waals surface area contributed by atoms with Crippen molar-refractivity contribution < 1.29 is 0 Å². The minimum Gasteiger partial charge on any atom is -0.312 e. The number of benzene rings is 1. The van der Waals surface area contributed by atoms with Crippen LogP contribution in [0, 0.1) is 5.92 Å². The molecule has 1 aliphatic rings. The number of para-hydroxylation sites is 1. The van der Waals surface area contributed by atoms with Gasteiger partial charge in [0.15, 0.2) is 0 Å². The van der Waals surface area contributed by atoms with E-state index in [9.17, 15) is 0 Å². The van der Waals surface area contributed by atoms with E-state index in [0.29, 0.717) is 0 Å². The number of nitrogens with zero attached hydrogens (tertiary/aromatic N) is 2. The van der Waals surface area contributed by atoms with E-state index in [0.717, 1.165) is 19.0 Å². The maximum absolute atomic E-state index is 4.31. The molecule has 1 aromatic heterocycles. The van der Waals surface area contributed by atoms with E-state index in [1.807, 2.05) is 23.1 Å². The van der Waals surface area contributed by atoms with Crippen molar-refractivity contribution in [1.29, 1.82) is 0 Å². The van der Waals surface area contributed by atoms with Gasteiger partial charge in [-0.2, -0.15) is 5.10 Å². The van der Waals surface area contributed by atoms with Crippen LogP contribution in [0.1, 0.15) is 24.8 Å². The summed E-state index contributed by atoms with van der Waals surface area (Å²) < 4.78 is 1.93. The normalized spacial score (nSPS) is 15.6. The third-order valence-electron chi connectivity index (χ3n) is 3.72. The van der Waals surface area contributed by atoms with Crippen LogP contribution in [0.3, 0.4) is 0 Å². The quantitative estimate of drug-likeness (QED) is 0.872. The second kappa shape index (κ2) is 5.36. The summed E-state index contributed by atoms with van der Waals surface area (Å²) in [5.41, 5.74) is 2.48. The molecular formula is C15H19N3. The Morgan fingerprint density at radius 1 is 1.22 bits per heavy atom. The van der Waals surface area contributed by atoms with Crippen LogP contribution in [0.25, 0.3) is 5.69 Å². The van der Waals surface area contributed by atoms with Crippen LogP contribution in [-0.4, -0.2) is 16.3 Å². The van der Waals surface area contributed by atoms with Crippen LogP contribution in [0.15, 0.2) is 42.7 Å². The number of hydrogen-bond donors (Lipinski definition) is 1. The fourth-order valence-electron chi connectivity index (χ4n) is 2.40. The van der Waals surface area contributed by atoms with Gasteiger partial charge in [-0.05, 0) is 43.0 Å². The molecule has 3 heteroatoms. The Morgan fingerprint density at radius 3 is 2.83 bits per heavy atom. The van der Waals surface area contributed by atoms with Crippen molar-refractivity contribution in [3.63, 3.8) is 0 Å². The zero-order valence-corrected chi connectivity index (χ0v) is 10.5. The molecule has 3 rings (SSSR count). The lowest BCUT2D eigenvalue weighted by Gasteiger charge is -2.25. The molecule has 0 saturated heterocycles. The zero-order chi connectivity index (χ0) is 12.2. The molecule has 1 aromatic carbocycles. The van der Waals surface area contributed by atoms with Gasteiger partial charge < -0.3 is 5.32 Å². The first-order valence-electron chi connectivity index (χ1n) is 6.72. The predicted octanol–water partition coefficient (Wildman–Crippen LogP) is 2.76. The number of nitrogens with one attached hydrogen (secondary N) is 1. The average molecular weight is 241 g/mol. The lowest BCUT2D eigenvalue weighted by molar-refractivity contribution is 0.301. The van der Waals surface area contributed by atoms with Gasteiger partial charge in [-0.3, -0.25) is 0 Å². The average Bonchev–Trinajstić information content (AvgIpc) is 2.86. The van der Waals surface area contributed by atoms with Crippen molar-refractivity contribution in [2.75, 3.05) is 6.54 Å². The molecule has 1 heterocycles. The maximum atomic E-state index is 4.31. The summed E-state index contributed by atoms with van der Waals surface area (Å²) in [7, 11) is 0. The Kier molecular flexibility index (Phi) is 3.42. The standard InChI is InChI=1S/C15H19N3/c1-2-8-15(18-10-4-9-17-18)14(7-1)12-16-11-13-5-3-6-13/h1-2,4,7-10,13,16H,3,5-6,11-12H2. The maximum Gasteiger partial charge on any atom is 0.0690 e. The van der Waals surface area contributed by atoms with Gasteiger partial charge in [0, 0.05) is 18.9 Å². The van der Waals surface area contributed by atoms with Gasteiger partial charge in [0.05, 0.1) is 5.69 Å². The zero-order valence-electron chi connectivity index (χ0n) is 10.5. The van der Waals surface area contributed by atoms with Gasteiger partial charge in [0.25, 0.3) is 0 Å². The van der Waals surface area contributed by atoms with Crippen LogP contribution in [0.5, 0.6) is 0 Å². The topological polar surface area (TPSA) is 29.9 Å².